The molecule has 3 aromatic rings. The maximum Gasteiger partial charge on any atom is 0.255 e. The Kier molecular flexibility index (Phi) is 6.11. The molecule has 0 atom stereocenters. The van der Waals surface area contributed by atoms with Crippen molar-refractivity contribution in [2.75, 3.05) is 41.8 Å². The lowest BCUT2D eigenvalue weighted by Gasteiger charge is -2.28. The summed E-state index contributed by atoms with van der Waals surface area (Å²) in [5, 5.41) is 6.62. The highest BCUT2D eigenvalue weighted by Crippen LogP contribution is 2.21. The molecule has 1 fully saturated rings. The minimum absolute atomic E-state index is 0.213. The zero-order valence-electron chi connectivity index (χ0n) is 16.6. The van der Waals surface area contributed by atoms with Gasteiger partial charge in [-0.05, 0) is 49.4 Å². The zero-order chi connectivity index (χ0) is 20.9. The topological polar surface area (TPSA) is 79.4 Å². The summed E-state index contributed by atoms with van der Waals surface area (Å²) in [5.41, 5.74) is 2.91. The van der Waals surface area contributed by atoms with E-state index in [4.69, 9.17) is 16.3 Å². The number of rotatable bonds is 5. The van der Waals surface area contributed by atoms with Crippen LogP contribution in [0.3, 0.4) is 0 Å². The van der Waals surface area contributed by atoms with Gasteiger partial charge in [0.25, 0.3) is 5.91 Å². The van der Waals surface area contributed by atoms with Crippen molar-refractivity contribution in [3.05, 3.63) is 70.9 Å². The van der Waals surface area contributed by atoms with Gasteiger partial charge in [0.15, 0.2) is 0 Å². The minimum Gasteiger partial charge on any atom is -0.378 e. The molecular weight excluding hydrogens is 402 g/mol. The number of morpholine rings is 1. The van der Waals surface area contributed by atoms with E-state index in [0.717, 1.165) is 30.3 Å². The second-order valence-electron chi connectivity index (χ2n) is 6.96. The predicted octanol–water partition coefficient (Wildman–Crippen LogP) is 4.27. The standard InChI is InChI=1S/C22H22ClN5O2/c1-15-13-20(28-9-11-30-12-10-28)27-22(24-15)26-19-7-5-18(6-8-19)25-21(29)16-3-2-4-17(23)14-16/h2-8,13-14H,9-12H2,1H3,(H,25,29)(H,24,26,27). The van der Waals surface area contributed by atoms with E-state index in [9.17, 15) is 4.79 Å². The van der Waals surface area contributed by atoms with Gasteiger partial charge in [-0.1, -0.05) is 17.7 Å². The fourth-order valence-corrected chi connectivity index (χ4v) is 3.35. The van der Waals surface area contributed by atoms with Crippen LogP contribution in [0.5, 0.6) is 0 Å². The number of nitrogens with one attached hydrogen (secondary N) is 2. The van der Waals surface area contributed by atoms with Gasteiger partial charge in [-0.2, -0.15) is 4.98 Å². The summed E-state index contributed by atoms with van der Waals surface area (Å²) in [7, 11) is 0. The number of carbonyl (C=O) groups excluding carboxylic acids is 1. The first-order chi connectivity index (χ1) is 14.6. The molecule has 0 spiro atoms. The predicted molar refractivity (Wildman–Crippen MR) is 119 cm³/mol. The quantitative estimate of drug-likeness (QED) is 0.638. The molecule has 2 heterocycles. The molecule has 1 aromatic heterocycles. The number of aryl methyl sites for hydroxylation is 1. The van der Waals surface area contributed by atoms with Crippen LogP contribution in [0.2, 0.25) is 5.02 Å². The molecule has 154 valence electrons. The number of amides is 1. The molecule has 30 heavy (non-hydrogen) atoms. The van der Waals surface area contributed by atoms with Crippen molar-refractivity contribution in [1.82, 2.24) is 9.97 Å². The molecule has 0 unspecified atom stereocenters. The molecule has 0 saturated carbocycles. The smallest absolute Gasteiger partial charge is 0.255 e. The summed E-state index contributed by atoms with van der Waals surface area (Å²) >= 11 is 5.95. The van der Waals surface area contributed by atoms with Crippen LogP contribution in [-0.2, 0) is 4.74 Å². The van der Waals surface area contributed by atoms with Crippen LogP contribution in [0.1, 0.15) is 16.1 Å². The van der Waals surface area contributed by atoms with Gasteiger partial charge in [-0.15, -0.1) is 0 Å². The van der Waals surface area contributed by atoms with Crippen molar-refractivity contribution >= 4 is 40.6 Å². The second-order valence-corrected chi connectivity index (χ2v) is 7.39. The molecule has 0 radical (unpaired) electrons. The number of nitrogens with zero attached hydrogens (tertiary/aromatic N) is 3. The third kappa shape index (κ3) is 5.06. The number of ether oxygens (including phenoxy) is 1. The first-order valence-corrected chi connectivity index (χ1v) is 10.1. The average Bonchev–Trinajstić information content (AvgIpc) is 2.75. The SMILES string of the molecule is Cc1cc(N2CCOCC2)nc(Nc2ccc(NC(=O)c3cccc(Cl)c3)cc2)n1. The lowest BCUT2D eigenvalue weighted by Crippen LogP contribution is -2.36. The van der Waals surface area contributed by atoms with Gasteiger partial charge in [-0.25, -0.2) is 4.98 Å². The number of hydrogen-bond acceptors (Lipinski definition) is 6. The van der Waals surface area contributed by atoms with Crippen molar-refractivity contribution in [3.8, 4) is 0 Å². The molecule has 8 heteroatoms. The number of aromatic nitrogens is 2. The average molecular weight is 424 g/mol. The molecule has 0 bridgehead atoms. The Morgan fingerprint density at radius 1 is 1.03 bits per heavy atom. The molecule has 2 aromatic carbocycles. The van der Waals surface area contributed by atoms with E-state index in [1.54, 1.807) is 24.3 Å². The number of benzene rings is 2. The van der Waals surface area contributed by atoms with Gasteiger partial charge >= 0.3 is 0 Å². The molecule has 2 N–H and O–H groups in total. The van der Waals surface area contributed by atoms with Crippen LogP contribution in [0, 0.1) is 6.92 Å². The van der Waals surface area contributed by atoms with Crippen LogP contribution < -0.4 is 15.5 Å². The molecular formula is C22H22ClN5O2. The lowest BCUT2D eigenvalue weighted by atomic mass is 10.2. The Morgan fingerprint density at radius 2 is 1.77 bits per heavy atom. The van der Waals surface area contributed by atoms with Crippen LogP contribution in [0.4, 0.5) is 23.1 Å². The molecule has 1 amide bonds. The fourth-order valence-electron chi connectivity index (χ4n) is 3.16. The van der Waals surface area contributed by atoms with Crippen molar-refractivity contribution in [2.24, 2.45) is 0 Å². The van der Waals surface area contributed by atoms with Gasteiger partial charge in [0.05, 0.1) is 13.2 Å². The van der Waals surface area contributed by atoms with Crippen molar-refractivity contribution in [1.29, 1.82) is 0 Å². The Hall–Kier alpha value is -3.16. The Morgan fingerprint density at radius 3 is 2.50 bits per heavy atom. The van der Waals surface area contributed by atoms with Gasteiger partial charge in [0.2, 0.25) is 5.95 Å². The Balaban J connectivity index is 1.43. The maximum absolute atomic E-state index is 12.3. The van der Waals surface area contributed by atoms with Crippen LogP contribution in [0.15, 0.2) is 54.6 Å². The van der Waals surface area contributed by atoms with Crippen molar-refractivity contribution < 1.29 is 9.53 Å². The fraction of sp³-hybridized carbons (Fsp3) is 0.227. The summed E-state index contributed by atoms with van der Waals surface area (Å²) < 4.78 is 5.41. The van der Waals surface area contributed by atoms with E-state index in [-0.39, 0.29) is 5.91 Å². The monoisotopic (exact) mass is 423 g/mol. The van der Waals surface area contributed by atoms with Crippen LogP contribution in [-0.4, -0.2) is 42.2 Å². The molecule has 4 rings (SSSR count). The van der Waals surface area contributed by atoms with Gasteiger partial charge in [-0.3, -0.25) is 4.79 Å². The first kappa shape index (κ1) is 20.1. The summed E-state index contributed by atoms with van der Waals surface area (Å²) in [6.07, 6.45) is 0. The molecule has 7 nitrogen and oxygen atoms in total. The van der Waals surface area contributed by atoms with Crippen LogP contribution >= 0.6 is 11.6 Å². The summed E-state index contributed by atoms with van der Waals surface area (Å²) in [6.45, 7) is 4.99. The van der Waals surface area contributed by atoms with Gasteiger partial charge < -0.3 is 20.3 Å². The molecule has 0 aliphatic carbocycles. The van der Waals surface area contributed by atoms with E-state index < -0.39 is 0 Å². The van der Waals surface area contributed by atoms with Crippen LogP contribution in [0.25, 0.3) is 0 Å². The molecule has 1 aliphatic heterocycles. The highest BCUT2D eigenvalue weighted by atomic mass is 35.5. The van der Waals surface area contributed by atoms with Gasteiger partial charge in [0, 0.05) is 46.8 Å². The number of anilines is 4. The lowest BCUT2D eigenvalue weighted by molar-refractivity contribution is 0.102. The zero-order valence-corrected chi connectivity index (χ0v) is 17.3. The number of hydrogen-bond donors (Lipinski definition) is 2. The largest absolute Gasteiger partial charge is 0.378 e. The van der Waals surface area contributed by atoms with E-state index in [1.165, 1.54) is 0 Å². The maximum atomic E-state index is 12.3. The third-order valence-corrected chi connectivity index (χ3v) is 4.90. The minimum atomic E-state index is -0.213. The Bertz CT molecular complexity index is 1040. The van der Waals surface area contributed by atoms with E-state index in [1.807, 2.05) is 37.3 Å². The van der Waals surface area contributed by atoms with E-state index >= 15 is 0 Å². The highest BCUT2D eigenvalue weighted by molar-refractivity contribution is 6.31. The summed E-state index contributed by atoms with van der Waals surface area (Å²) in [5.74, 6) is 1.21. The van der Waals surface area contributed by atoms with Gasteiger partial charge in [0.1, 0.15) is 5.82 Å². The normalized spacial score (nSPS) is 13.7. The molecule has 1 aliphatic rings. The molecule has 1 saturated heterocycles. The first-order valence-electron chi connectivity index (χ1n) is 9.69. The second kappa shape index (κ2) is 9.11. The Labute approximate surface area is 180 Å². The third-order valence-electron chi connectivity index (χ3n) is 4.66. The van der Waals surface area contributed by atoms with E-state index in [2.05, 4.69) is 25.5 Å². The summed E-state index contributed by atoms with van der Waals surface area (Å²) in [4.78, 5) is 23.7. The number of halogens is 1. The summed E-state index contributed by atoms with van der Waals surface area (Å²) in [6, 6.07) is 16.2. The van der Waals surface area contributed by atoms with Crippen molar-refractivity contribution in [2.45, 2.75) is 6.92 Å². The number of carbonyl (C=O) groups is 1. The van der Waals surface area contributed by atoms with Crippen molar-refractivity contribution in [3.63, 3.8) is 0 Å². The van der Waals surface area contributed by atoms with E-state index in [0.29, 0.717) is 35.4 Å². The highest BCUT2D eigenvalue weighted by Gasteiger charge is 2.14.